The second-order valence-electron chi connectivity index (χ2n) is 6.04. The van der Waals surface area contributed by atoms with Crippen molar-refractivity contribution in [2.24, 2.45) is 16.6 Å². The Kier molecular flexibility index (Phi) is 5.56. The van der Waals surface area contributed by atoms with E-state index in [1.807, 2.05) is 31.1 Å². The lowest BCUT2D eigenvalue weighted by Gasteiger charge is -2.25. The number of guanidine groups is 1. The van der Waals surface area contributed by atoms with Crippen molar-refractivity contribution in [2.75, 3.05) is 20.6 Å². The van der Waals surface area contributed by atoms with E-state index in [0.29, 0.717) is 24.6 Å². The molecule has 0 atom stereocenters. The summed E-state index contributed by atoms with van der Waals surface area (Å²) in [4.78, 5) is 6.21. The standard InChI is InChI=1S/C16H25FN4/c1-21(2)11-14-7-6-13(8-15(14)17)10-20-16(18)19-9-12-4-3-5-12/h6-8,12H,3-5,9-11H2,1-2H3,(H3,18,19,20). The van der Waals surface area contributed by atoms with Crippen molar-refractivity contribution in [2.45, 2.75) is 32.4 Å². The summed E-state index contributed by atoms with van der Waals surface area (Å²) in [6.45, 7) is 1.90. The van der Waals surface area contributed by atoms with Gasteiger partial charge in [-0.15, -0.1) is 0 Å². The Morgan fingerprint density at radius 2 is 2.19 bits per heavy atom. The van der Waals surface area contributed by atoms with Gasteiger partial charge in [-0.05, 0) is 44.5 Å². The van der Waals surface area contributed by atoms with Crippen molar-refractivity contribution in [3.05, 3.63) is 35.1 Å². The average molecular weight is 292 g/mol. The Morgan fingerprint density at radius 3 is 2.76 bits per heavy atom. The highest BCUT2D eigenvalue weighted by atomic mass is 19.1. The van der Waals surface area contributed by atoms with E-state index >= 15 is 0 Å². The average Bonchev–Trinajstić information content (AvgIpc) is 2.37. The van der Waals surface area contributed by atoms with E-state index in [1.165, 1.54) is 19.3 Å². The van der Waals surface area contributed by atoms with Crippen LogP contribution in [0.15, 0.2) is 23.2 Å². The maximum atomic E-state index is 13.9. The number of aliphatic imine (C=N–C) groups is 1. The molecule has 1 aliphatic carbocycles. The number of benzene rings is 1. The van der Waals surface area contributed by atoms with Gasteiger partial charge in [-0.3, -0.25) is 0 Å². The van der Waals surface area contributed by atoms with Gasteiger partial charge in [-0.1, -0.05) is 18.6 Å². The first kappa shape index (κ1) is 15.8. The van der Waals surface area contributed by atoms with Crippen molar-refractivity contribution >= 4 is 5.96 Å². The number of rotatable bonds is 6. The van der Waals surface area contributed by atoms with Gasteiger partial charge in [0.1, 0.15) is 5.82 Å². The predicted octanol–water partition coefficient (Wildman–Crippen LogP) is 2.09. The molecule has 5 heteroatoms. The Morgan fingerprint density at radius 1 is 1.43 bits per heavy atom. The third-order valence-electron chi connectivity index (χ3n) is 3.83. The third-order valence-corrected chi connectivity index (χ3v) is 3.83. The molecule has 0 aromatic heterocycles. The molecular weight excluding hydrogens is 267 g/mol. The van der Waals surface area contributed by atoms with E-state index in [-0.39, 0.29) is 5.82 Å². The Bertz CT molecular complexity index is 495. The molecule has 1 fully saturated rings. The lowest BCUT2D eigenvalue weighted by Crippen LogP contribution is -2.37. The first-order chi connectivity index (χ1) is 10.0. The van der Waals surface area contributed by atoms with Gasteiger partial charge >= 0.3 is 0 Å². The maximum absolute atomic E-state index is 13.9. The monoisotopic (exact) mass is 292 g/mol. The number of halogens is 1. The quantitative estimate of drug-likeness (QED) is 0.623. The number of nitrogens with one attached hydrogen (secondary N) is 1. The molecule has 0 unspecified atom stereocenters. The van der Waals surface area contributed by atoms with Crippen molar-refractivity contribution in [1.82, 2.24) is 10.2 Å². The smallest absolute Gasteiger partial charge is 0.188 e. The predicted molar refractivity (Wildman–Crippen MR) is 84.5 cm³/mol. The van der Waals surface area contributed by atoms with Crippen LogP contribution >= 0.6 is 0 Å². The molecule has 0 radical (unpaired) electrons. The van der Waals surface area contributed by atoms with Crippen LogP contribution in [-0.2, 0) is 13.1 Å². The Labute approximate surface area is 126 Å². The van der Waals surface area contributed by atoms with Gasteiger partial charge in [0.25, 0.3) is 0 Å². The topological polar surface area (TPSA) is 53.6 Å². The number of hydrogen-bond donors (Lipinski definition) is 2. The van der Waals surface area contributed by atoms with E-state index < -0.39 is 0 Å². The van der Waals surface area contributed by atoms with E-state index in [2.05, 4.69) is 10.3 Å². The van der Waals surface area contributed by atoms with Crippen molar-refractivity contribution in [3.63, 3.8) is 0 Å². The van der Waals surface area contributed by atoms with Gasteiger partial charge < -0.3 is 16.0 Å². The zero-order chi connectivity index (χ0) is 15.2. The third kappa shape index (κ3) is 5.01. The van der Waals surface area contributed by atoms with Crippen molar-refractivity contribution in [1.29, 1.82) is 0 Å². The minimum atomic E-state index is -0.183. The molecule has 0 amide bonds. The summed E-state index contributed by atoms with van der Waals surface area (Å²) in [5.74, 6) is 0.999. The van der Waals surface area contributed by atoms with Crippen molar-refractivity contribution in [3.8, 4) is 0 Å². The number of nitrogens with zero attached hydrogens (tertiary/aromatic N) is 2. The van der Waals surface area contributed by atoms with Gasteiger partial charge in [0, 0.05) is 18.7 Å². The Balaban J connectivity index is 1.85. The molecule has 21 heavy (non-hydrogen) atoms. The van der Waals surface area contributed by atoms with E-state index in [0.717, 1.165) is 18.0 Å². The first-order valence-corrected chi connectivity index (χ1v) is 7.50. The highest BCUT2D eigenvalue weighted by Gasteiger charge is 2.16. The normalized spacial score (nSPS) is 16.1. The minimum absolute atomic E-state index is 0.183. The van der Waals surface area contributed by atoms with Crippen molar-refractivity contribution < 1.29 is 4.39 Å². The summed E-state index contributed by atoms with van der Waals surface area (Å²) in [6.07, 6.45) is 3.87. The summed E-state index contributed by atoms with van der Waals surface area (Å²) >= 11 is 0. The lowest BCUT2D eigenvalue weighted by atomic mass is 9.85. The molecule has 1 saturated carbocycles. The van der Waals surface area contributed by atoms with Crippen LogP contribution in [-0.4, -0.2) is 31.5 Å². The van der Waals surface area contributed by atoms with E-state index in [4.69, 9.17) is 5.73 Å². The van der Waals surface area contributed by atoms with Crippen LogP contribution in [0.25, 0.3) is 0 Å². The molecule has 1 aliphatic rings. The second-order valence-corrected chi connectivity index (χ2v) is 6.04. The summed E-state index contributed by atoms with van der Waals surface area (Å²) in [5, 5.41) is 3.13. The molecule has 0 spiro atoms. The first-order valence-electron chi connectivity index (χ1n) is 7.50. The summed E-state index contributed by atoms with van der Waals surface area (Å²) < 4.78 is 13.9. The maximum Gasteiger partial charge on any atom is 0.188 e. The molecule has 3 N–H and O–H groups in total. The molecule has 0 aliphatic heterocycles. The van der Waals surface area contributed by atoms with E-state index in [1.54, 1.807) is 6.07 Å². The van der Waals surface area contributed by atoms with Crippen LogP contribution < -0.4 is 11.1 Å². The molecule has 1 aromatic rings. The molecule has 2 rings (SSSR count). The fourth-order valence-electron chi connectivity index (χ4n) is 2.34. The van der Waals surface area contributed by atoms with Crippen LogP contribution in [0.5, 0.6) is 0 Å². The largest absolute Gasteiger partial charge is 0.370 e. The van der Waals surface area contributed by atoms with Crippen LogP contribution in [0.4, 0.5) is 4.39 Å². The fraction of sp³-hybridized carbons (Fsp3) is 0.562. The zero-order valence-corrected chi connectivity index (χ0v) is 12.9. The molecule has 4 nitrogen and oxygen atoms in total. The van der Waals surface area contributed by atoms with Gasteiger partial charge in [-0.25, -0.2) is 9.38 Å². The SMILES string of the molecule is CN(C)Cc1ccc(CN=C(N)NCC2CCC2)cc1F. The highest BCUT2D eigenvalue weighted by Crippen LogP contribution is 2.24. The van der Waals surface area contributed by atoms with E-state index in [9.17, 15) is 4.39 Å². The fourth-order valence-corrected chi connectivity index (χ4v) is 2.34. The van der Waals surface area contributed by atoms with Gasteiger partial charge in [-0.2, -0.15) is 0 Å². The van der Waals surface area contributed by atoms with Crippen LogP contribution in [0, 0.1) is 11.7 Å². The number of hydrogen-bond acceptors (Lipinski definition) is 2. The minimum Gasteiger partial charge on any atom is -0.370 e. The molecule has 1 aromatic carbocycles. The molecule has 0 saturated heterocycles. The van der Waals surface area contributed by atoms with Gasteiger partial charge in [0.2, 0.25) is 0 Å². The number of nitrogens with two attached hydrogens (primary N) is 1. The molecule has 0 heterocycles. The molecule has 0 bridgehead atoms. The molecular formula is C16H25FN4. The zero-order valence-electron chi connectivity index (χ0n) is 12.9. The van der Waals surface area contributed by atoms with Crippen LogP contribution in [0.2, 0.25) is 0 Å². The van der Waals surface area contributed by atoms with Crippen LogP contribution in [0.1, 0.15) is 30.4 Å². The highest BCUT2D eigenvalue weighted by molar-refractivity contribution is 5.77. The molecule has 116 valence electrons. The lowest BCUT2D eigenvalue weighted by molar-refractivity contribution is 0.315. The summed E-state index contributed by atoms with van der Waals surface area (Å²) in [6, 6.07) is 5.27. The Hall–Kier alpha value is -1.62. The van der Waals surface area contributed by atoms with Gasteiger partial charge in [0.15, 0.2) is 5.96 Å². The summed E-state index contributed by atoms with van der Waals surface area (Å²) in [5.41, 5.74) is 7.36. The second kappa shape index (κ2) is 7.41. The van der Waals surface area contributed by atoms with Gasteiger partial charge in [0.05, 0.1) is 6.54 Å². The summed E-state index contributed by atoms with van der Waals surface area (Å²) in [7, 11) is 3.85. The van der Waals surface area contributed by atoms with Crippen LogP contribution in [0.3, 0.4) is 0 Å².